The summed E-state index contributed by atoms with van der Waals surface area (Å²) in [6.07, 6.45) is 3.61. The molecule has 21 heavy (non-hydrogen) atoms. The molecule has 1 aromatic rings. The normalized spacial score (nSPS) is 16.9. The van der Waals surface area contributed by atoms with Crippen LogP contribution in [0.15, 0.2) is 18.2 Å². The molecule has 4 heteroatoms. The van der Waals surface area contributed by atoms with Crippen LogP contribution >= 0.6 is 0 Å². The number of hydrogen-bond acceptors (Lipinski definition) is 3. The predicted octanol–water partition coefficient (Wildman–Crippen LogP) is 2.43. The van der Waals surface area contributed by atoms with Crippen molar-refractivity contribution in [2.75, 3.05) is 31.9 Å². The minimum Gasteiger partial charge on any atom is -0.399 e. The molecule has 0 bridgehead atoms. The van der Waals surface area contributed by atoms with Gasteiger partial charge in [0, 0.05) is 17.8 Å². The molecule has 1 aliphatic heterocycles. The van der Waals surface area contributed by atoms with Crippen molar-refractivity contribution in [3.63, 3.8) is 0 Å². The maximum atomic E-state index is 12.1. The second-order valence-electron chi connectivity index (χ2n) is 6.21. The molecule has 0 unspecified atom stereocenters. The first-order chi connectivity index (χ1) is 10.1. The van der Waals surface area contributed by atoms with E-state index in [0.29, 0.717) is 5.69 Å². The van der Waals surface area contributed by atoms with Gasteiger partial charge in [0.1, 0.15) is 0 Å². The summed E-state index contributed by atoms with van der Waals surface area (Å²) in [6, 6.07) is 5.41. The van der Waals surface area contributed by atoms with Gasteiger partial charge in [-0.05, 0) is 75.5 Å². The molecule has 4 nitrogen and oxygen atoms in total. The first-order valence-electron chi connectivity index (χ1n) is 7.93. The lowest BCUT2D eigenvalue weighted by atomic mass is 9.99. The molecule has 116 valence electrons. The zero-order chi connectivity index (χ0) is 15.2. The van der Waals surface area contributed by atoms with E-state index >= 15 is 0 Å². The van der Waals surface area contributed by atoms with Crippen LogP contribution in [0.1, 0.15) is 42.1 Å². The van der Waals surface area contributed by atoms with Gasteiger partial charge in [-0.1, -0.05) is 6.92 Å². The number of piperidine rings is 1. The largest absolute Gasteiger partial charge is 0.399 e. The number of hydrogen-bond donors (Lipinski definition) is 2. The Bertz CT molecular complexity index is 479. The zero-order valence-corrected chi connectivity index (χ0v) is 13.2. The number of carbonyl (C=O) groups is 1. The minimum absolute atomic E-state index is 0.000216. The molecular formula is C17H27N3O. The van der Waals surface area contributed by atoms with Crippen LogP contribution in [0.3, 0.4) is 0 Å². The van der Waals surface area contributed by atoms with Crippen molar-refractivity contribution in [2.45, 2.75) is 33.1 Å². The first kappa shape index (κ1) is 15.8. The molecule has 0 atom stereocenters. The Kier molecular flexibility index (Phi) is 5.62. The van der Waals surface area contributed by atoms with Crippen LogP contribution in [0, 0.1) is 12.8 Å². The van der Waals surface area contributed by atoms with Crippen molar-refractivity contribution in [3.05, 3.63) is 29.3 Å². The number of nitrogens with two attached hydrogens (primary N) is 1. The highest BCUT2D eigenvalue weighted by atomic mass is 16.1. The summed E-state index contributed by atoms with van der Waals surface area (Å²) < 4.78 is 0. The maximum Gasteiger partial charge on any atom is 0.251 e. The Morgan fingerprint density at radius 2 is 2.10 bits per heavy atom. The van der Waals surface area contributed by atoms with E-state index in [0.717, 1.165) is 36.6 Å². The fourth-order valence-corrected chi connectivity index (χ4v) is 2.83. The SMILES string of the molecule is Cc1cc(N)ccc1C(=O)NCCCN1CCC(C)CC1. The third-order valence-electron chi connectivity index (χ3n) is 4.31. The standard InChI is InChI=1S/C17H27N3O/c1-13-6-10-20(11-7-13)9-3-8-19-17(21)16-5-4-15(18)12-14(16)2/h4-5,12-13H,3,6-11,18H2,1-2H3,(H,19,21). The molecule has 0 radical (unpaired) electrons. The van der Waals surface area contributed by atoms with Gasteiger partial charge in [-0.2, -0.15) is 0 Å². The molecule has 1 saturated heterocycles. The Labute approximate surface area is 127 Å². The average Bonchev–Trinajstić information content (AvgIpc) is 2.45. The molecule has 0 saturated carbocycles. The molecular weight excluding hydrogens is 262 g/mol. The number of benzene rings is 1. The van der Waals surface area contributed by atoms with E-state index in [9.17, 15) is 4.79 Å². The van der Waals surface area contributed by atoms with Crippen molar-refractivity contribution in [1.29, 1.82) is 0 Å². The number of amides is 1. The highest BCUT2D eigenvalue weighted by Crippen LogP contribution is 2.16. The van der Waals surface area contributed by atoms with Gasteiger partial charge >= 0.3 is 0 Å². The summed E-state index contributed by atoms with van der Waals surface area (Å²) in [5.41, 5.74) is 8.05. The van der Waals surface area contributed by atoms with Gasteiger partial charge in [0.15, 0.2) is 0 Å². The van der Waals surface area contributed by atoms with E-state index in [1.807, 2.05) is 13.0 Å². The van der Waals surface area contributed by atoms with E-state index in [1.54, 1.807) is 12.1 Å². The molecule has 1 amide bonds. The molecule has 3 N–H and O–H groups in total. The van der Waals surface area contributed by atoms with E-state index < -0.39 is 0 Å². The zero-order valence-electron chi connectivity index (χ0n) is 13.2. The molecule has 0 aromatic heterocycles. The van der Waals surface area contributed by atoms with Crippen LogP contribution in [0.4, 0.5) is 5.69 Å². The van der Waals surface area contributed by atoms with Gasteiger partial charge in [0.2, 0.25) is 0 Å². The lowest BCUT2D eigenvalue weighted by molar-refractivity contribution is 0.0950. The Hall–Kier alpha value is -1.55. The third kappa shape index (κ3) is 4.74. The Morgan fingerprint density at radius 3 is 2.76 bits per heavy atom. The van der Waals surface area contributed by atoms with Crippen LogP contribution in [-0.4, -0.2) is 37.0 Å². The summed E-state index contributed by atoms with van der Waals surface area (Å²) >= 11 is 0. The quantitative estimate of drug-likeness (QED) is 0.646. The topological polar surface area (TPSA) is 58.4 Å². The van der Waals surface area contributed by atoms with Crippen LogP contribution in [0.5, 0.6) is 0 Å². The molecule has 1 heterocycles. The highest BCUT2D eigenvalue weighted by molar-refractivity contribution is 5.95. The third-order valence-corrected chi connectivity index (χ3v) is 4.31. The molecule has 1 aromatic carbocycles. The maximum absolute atomic E-state index is 12.1. The lowest BCUT2D eigenvalue weighted by Crippen LogP contribution is -2.35. The summed E-state index contributed by atoms with van der Waals surface area (Å²) in [5.74, 6) is 0.870. The fraction of sp³-hybridized carbons (Fsp3) is 0.588. The molecule has 0 spiro atoms. The van der Waals surface area contributed by atoms with Crippen molar-refractivity contribution >= 4 is 11.6 Å². The van der Waals surface area contributed by atoms with Gasteiger partial charge in [0.05, 0.1) is 0 Å². The Morgan fingerprint density at radius 1 is 1.38 bits per heavy atom. The van der Waals surface area contributed by atoms with Crippen molar-refractivity contribution in [3.8, 4) is 0 Å². The molecule has 0 aliphatic carbocycles. The van der Waals surface area contributed by atoms with Crippen molar-refractivity contribution < 1.29 is 4.79 Å². The second kappa shape index (κ2) is 7.46. The van der Waals surface area contributed by atoms with Gasteiger partial charge in [-0.25, -0.2) is 0 Å². The number of rotatable bonds is 5. The van der Waals surface area contributed by atoms with Crippen LogP contribution in [0.2, 0.25) is 0 Å². The monoisotopic (exact) mass is 289 g/mol. The number of aryl methyl sites for hydroxylation is 1. The van der Waals surface area contributed by atoms with Gasteiger partial charge in [0.25, 0.3) is 5.91 Å². The first-order valence-corrected chi connectivity index (χ1v) is 7.93. The van der Waals surface area contributed by atoms with Crippen LogP contribution < -0.4 is 11.1 Å². The van der Waals surface area contributed by atoms with Crippen molar-refractivity contribution in [1.82, 2.24) is 10.2 Å². The molecule has 2 rings (SSSR count). The number of nitrogens with one attached hydrogen (secondary N) is 1. The number of carbonyl (C=O) groups excluding carboxylic acids is 1. The summed E-state index contributed by atoms with van der Waals surface area (Å²) in [5, 5.41) is 3.00. The number of likely N-dealkylation sites (tertiary alicyclic amines) is 1. The smallest absolute Gasteiger partial charge is 0.251 e. The number of anilines is 1. The van der Waals surface area contributed by atoms with E-state index in [4.69, 9.17) is 5.73 Å². The van der Waals surface area contributed by atoms with Crippen LogP contribution in [0.25, 0.3) is 0 Å². The molecule has 1 aliphatic rings. The van der Waals surface area contributed by atoms with Crippen LogP contribution in [-0.2, 0) is 0 Å². The Balaban J connectivity index is 1.69. The van der Waals surface area contributed by atoms with E-state index in [1.165, 1.54) is 25.9 Å². The summed E-state index contributed by atoms with van der Waals surface area (Å²) in [6.45, 7) is 8.45. The number of nitrogens with zero attached hydrogens (tertiary/aromatic N) is 1. The fourth-order valence-electron chi connectivity index (χ4n) is 2.83. The van der Waals surface area contributed by atoms with Crippen molar-refractivity contribution in [2.24, 2.45) is 5.92 Å². The molecule has 1 fully saturated rings. The van der Waals surface area contributed by atoms with Gasteiger partial charge < -0.3 is 16.0 Å². The van der Waals surface area contributed by atoms with Gasteiger partial charge in [-0.15, -0.1) is 0 Å². The van der Waals surface area contributed by atoms with E-state index in [2.05, 4.69) is 17.1 Å². The second-order valence-corrected chi connectivity index (χ2v) is 6.21. The average molecular weight is 289 g/mol. The summed E-state index contributed by atoms with van der Waals surface area (Å²) in [7, 11) is 0. The summed E-state index contributed by atoms with van der Waals surface area (Å²) in [4.78, 5) is 14.6. The lowest BCUT2D eigenvalue weighted by Gasteiger charge is -2.30. The minimum atomic E-state index is -0.000216. The predicted molar refractivity (Wildman–Crippen MR) is 87.4 cm³/mol. The highest BCUT2D eigenvalue weighted by Gasteiger charge is 2.15. The van der Waals surface area contributed by atoms with E-state index in [-0.39, 0.29) is 5.91 Å². The van der Waals surface area contributed by atoms with Gasteiger partial charge in [-0.3, -0.25) is 4.79 Å². The number of nitrogen functional groups attached to an aromatic ring is 1.